The number of carbonyl (C=O) groups is 2. The van der Waals surface area contributed by atoms with Crippen molar-refractivity contribution in [1.29, 1.82) is 0 Å². The van der Waals surface area contributed by atoms with E-state index in [1.165, 1.54) is 17.3 Å². The zero-order valence-corrected chi connectivity index (χ0v) is 15.9. The molecular weight excluding hydrogens is 404 g/mol. The van der Waals surface area contributed by atoms with Crippen LogP contribution in [-0.2, 0) is 0 Å². The van der Waals surface area contributed by atoms with Crippen LogP contribution in [-0.4, -0.2) is 45.3 Å². The summed E-state index contributed by atoms with van der Waals surface area (Å²) < 4.78 is 28.4. The van der Waals surface area contributed by atoms with Gasteiger partial charge in [0.1, 0.15) is 16.9 Å². The van der Waals surface area contributed by atoms with Gasteiger partial charge in [-0.3, -0.25) is 14.2 Å². The Bertz CT molecular complexity index is 1120. The number of rotatable bonds is 3. The molecule has 150 valence electrons. The number of pyridine rings is 2. The van der Waals surface area contributed by atoms with Crippen LogP contribution in [0.2, 0.25) is 5.02 Å². The number of hydrogen-bond donors (Lipinski definition) is 1. The first-order valence-electron chi connectivity index (χ1n) is 8.90. The summed E-state index contributed by atoms with van der Waals surface area (Å²) in [5.41, 5.74) is 6.95. The van der Waals surface area contributed by atoms with Gasteiger partial charge in [-0.15, -0.1) is 0 Å². The first-order chi connectivity index (χ1) is 13.7. The predicted octanol–water partition coefficient (Wildman–Crippen LogP) is 2.46. The summed E-state index contributed by atoms with van der Waals surface area (Å²) in [6.07, 6.45) is 5.44. The maximum absolute atomic E-state index is 13.3. The Morgan fingerprint density at radius 3 is 2.59 bits per heavy atom. The number of carbonyl (C=O) groups excluding carboxylic acids is 2. The first-order valence-corrected chi connectivity index (χ1v) is 9.28. The number of primary amides is 1. The minimum absolute atomic E-state index is 0.00560. The standard InChI is InChI=1S/C19H16ClF2N5O2/c20-15-10-27(13-5-11(16(23)28)7-24-9-13)17-14(15)6-12(8-25-17)18(29)26-3-1-19(21,22)2-4-26/h5-10H,1-4H2,(H2,23,28)/p+1. The highest BCUT2D eigenvalue weighted by atomic mass is 35.5. The first kappa shape index (κ1) is 19.3. The van der Waals surface area contributed by atoms with Crippen LogP contribution in [0.15, 0.2) is 36.9 Å². The van der Waals surface area contributed by atoms with Crippen molar-refractivity contribution in [3.63, 3.8) is 0 Å². The molecule has 0 unspecified atom stereocenters. The smallest absolute Gasteiger partial charge is 0.255 e. The molecular formula is C19H17ClF2N5O2+. The average Bonchev–Trinajstić information content (AvgIpc) is 3.03. The number of aromatic amines is 1. The summed E-state index contributed by atoms with van der Waals surface area (Å²) >= 11 is 6.34. The van der Waals surface area contributed by atoms with Gasteiger partial charge in [0.05, 0.1) is 10.6 Å². The Morgan fingerprint density at radius 1 is 1.17 bits per heavy atom. The Kier molecular flexibility index (Phi) is 4.70. The van der Waals surface area contributed by atoms with E-state index in [9.17, 15) is 18.4 Å². The minimum atomic E-state index is -2.73. The molecule has 1 saturated heterocycles. The molecule has 0 atom stereocenters. The number of nitrogens with zero attached hydrogens (tertiary/aromatic N) is 3. The second-order valence-corrected chi connectivity index (χ2v) is 7.34. The third-order valence-electron chi connectivity index (χ3n) is 4.96. The molecule has 0 spiro atoms. The lowest BCUT2D eigenvalue weighted by atomic mass is 10.1. The molecule has 0 bridgehead atoms. The fraction of sp³-hybridized carbons (Fsp3) is 0.263. The van der Waals surface area contributed by atoms with E-state index >= 15 is 0 Å². The molecule has 1 fully saturated rings. The number of halogens is 3. The number of hydrogen-bond acceptors (Lipinski definition) is 3. The molecule has 2 amide bonds. The van der Waals surface area contributed by atoms with E-state index in [0.29, 0.717) is 21.7 Å². The van der Waals surface area contributed by atoms with Gasteiger partial charge in [0.15, 0.2) is 12.4 Å². The third-order valence-corrected chi connectivity index (χ3v) is 5.26. The molecule has 3 N–H and O–H groups in total. The van der Waals surface area contributed by atoms with Crippen molar-refractivity contribution in [2.45, 2.75) is 18.8 Å². The summed E-state index contributed by atoms with van der Waals surface area (Å²) in [7, 11) is 0. The Labute approximate surface area is 169 Å². The van der Waals surface area contributed by atoms with Gasteiger partial charge in [0, 0.05) is 43.7 Å². The molecule has 0 radical (unpaired) electrons. The molecule has 0 saturated carbocycles. The fourth-order valence-electron chi connectivity index (χ4n) is 3.34. The minimum Gasteiger partial charge on any atom is -0.365 e. The van der Waals surface area contributed by atoms with Gasteiger partial charge >= 0.3 is 0 Å². The van der Waals surface area contributed by atoms with Crippen molar-refractivity contribution in [3.8, 4) is 5.69 Å². The van der Waals surface area contributed by atoms with Crippen LogP contribution in [0, 0.1) is 0 Å². The summed E-state index contributed by atoms with van der Waals surface area (Å²) in [6.45, 7) is -0.0112. The molecule has 1 aliphatic heterocycles. The molecule has 4 heterocycles. The van der Waals surface area contributed by atoms with Crippen molar-refractivity contribution in [3.05, 3.63) is 53.1 Å². The number of alkyl halides is 2. The van der Waals surface area contributed by atoms with Crippen molar-refractivity contribution >= 4 is 34.4 Å². The highest BCUT2D eigenvalue weighted by Crippen LogP contribution is 2.30. The zero-order chi connectivity index (χ0) is 20.8. The number of nitrogens with one attached hydrogen (secondary N) is 1. The van der Waals surface area contributed by atoms with E-state index in [2.05, 4.69) is 9.97 Å². The molecule has 4 rings (SSSR count). The quantitative estimate of drug-likeness (QED) is 0.705. The van der Waals surface area contributed by atoms with Gasteiger partial charge < -0.3 is 10.6 Å². The van der Waals surface area contributed by atoms with E-state index in [1.807, 2.05) is 0 Å². The lowest BCUT2D eigenvalue weighted by Gasteiger charge is -2.31. The lowest BCUT2D eigenvalue weighted by molar-refractivity contribution is -0.377. The second kappa shape index (κ2) is 7.07. The van der Waals surface area contributed by atoms with Crippen LogP contribution in [0.25, 0.3) is 16.7 Å². The molecule has 29 heavy (non-hydrogen) atoms. The van der Waals surface area contributed by atoms with Gasteiger partial charge in [-0.25, -0.2) is 18.7 Å². The number of nitrogens with two attached hydrogens (primary N) is 1. The van der Waals surface area contributed by atoms with Crippen LogP contribution < -0.4 is 10.7 Å². The monoisotopic (exact) mass is 420 g/mol. The summed E-state index contributed by atoms with van der Waals surface area (Å²) in [5, 5.41) is 0.890. The van der Waals surface area contributed by atoms with E-state index in [4.69, 9.17) is 17.3 Å². The molecule has 0 aliphatic carbocycles. The van der Waals surface area contributed by atoms with Crippen LogP contribution in [0.1, 0.15) is 33.6 Å². The highest BCUT2D eigenvalue weighted by molar-refractivity contribution is 6.35. The lowest BCUT2D eigenvalue weighted by Crippen LogP contribution is -2.42. The second-order valence-electron chi connectivity index (χ2n) is 6.93. The van der Waals surface area contributed by atoms with Gasteiger partial charge in [0.25, 0.3) is 17.7 Å². The predicted molar refractivity (Wildman–Crippen MR) is 101 cm³/mol. The maximum atomic E-state index is 13.3. The van der Waals surface area contributed by atoms with E-state index in [1.54, 1.807) is 29.1 Å². The number of H-pyrrole nitrogens is 1. The van der Waals surface area contributed by atoms with Crippen LogP contribution in [0.4, 0.5) is 8.78 Å². The van der Waals surface area contributed by atoms with Crippen LogP contribution in [0.3, 0.4) is 0 Å². The number of aromatic nitrogens is 3. The SMILES string of the molecule is NC(=O)c1c[nH+]cc(-n2cc(Cl)c3cc(C(=O)N4CCC(F)(F)CC4)cnc32)c1. The van der Waals surface area contributed by atoms with Crippen molar-refractivity contribution < 1.29 is 23.4 Å². The van der Waals surface area contributed by atoms with Crippen molar-refractivity contribution in [2.24, 2.45) is 5.73 Å². The summed E-state index contributed by atoms with van der Waals surface area (Å²) in [4.78, 5) is 32.7. The van der Waals surface area contributed by atoms with E-state index < -0.39 is 11.8 Å². The van der Waals surface area contributed by atoms with Gasteiger partial charge in [-0.1, -0.05) is 11.6 Å². The molecule has 1 aliphatic rings. The van der Waals surface area contributed by atoms with Gasteiger partial charge in [-0.2, -0.15) is 0 Å². The fourth-order valence-corrected chi connectivity index (χ4v) is 3.58. The van der Waals surface area contributed by atoms with Crippen LogP contribution in [0.5, 0.6) is 0 Å². The molecule has 0 aromatic carbocycles. The molecule has 7 nitrogen and oxygen atoms in total. The van der Waals surface area contributed by atoms with Gasteiger partial charge in [-0.05, 0) is 12.1 Å². The number of piperidine rings is 1. The van der Waals surface area contributed by atoms with Crippen molar-refractivity contribution in [2.75, 3.05) is 13.1 Å². The normalized spacial score (nSPS) is 16.2. The Morgan fingerprint density at radius 2 is 1.90 bits per heavy atom. The zero-order valence-electron chi connectivity index (χ0n) is 15.2. The van der Waals surface area contributed by atoms with Gasteiger partial charge in [0.2, 0.25) is 0 Å². The topological polar surface area (TPSA) is 95.4 Å². The summed E-state index contributed by atoms with van der Waals surface area (Å²) in [5.74, 6) is -3.67. The Hall–Kier alpha value is -3.07. The van der Waals surface area contributed by atoms with E-state index in [0.717, 1.165) is 0 Å². The molecule has 10 heteroatoms. The third kappa shape index (κ3) is 3.65. The van der Waals surface area contributed by atoms with Crippen molar-refractivity contribution in [1.82, 2.24) is 14.5 Å². The number of fused-ring (bicyclic) bond motifs is 1. The molecule has 3 aromatic rings. The number of amides is 2. The average molecular weight is 421 g/mol. The maximum Gasteiger partial charge on any atom is 0.255 e. The number of likely N-dealkylation sites (tertiary alicyclic amines) is 1. The largest absolute Gasteiger partial charge is 0.365 e. The summed E-state index contributed by atoms with van der Waals surface area (Å²) in [6, 6.07) is 3.18. The van der Waals surface area contributed by atoms with Crippen LogP contribution >= 0.6 is 11.6 Å². The van der Waals surface area contributed by atoms with E-state index in [-0.39, 0.29) is 43.0 Å². The Balaban J connectivity index is 1.68. The molecule has 3 aromatic heterocycles. The highest BCUT2D eigenvalue weighted by Gasteiger charge is 2.36.